The maximum atomic E-state index is 12.0. The fraction of sp³-hybridized carbons (Fsp3) is 0.125. The molecule has 0 saturated carbocycles. The zero-order valence-electron chi connectivity index (χ0n) is 7.10. The van der Waals surface area contributed by atoms with Gasteiger partial charge in [-0.1, -0.05) is 0 Å². The Bertz CT molecular complexity index is 494. The van der Waals surface area contributed by atoms with Crippen LogP contribution in [0.1, 0.15) is 0 Å². The molecule has 0 atom stereocenters. The van der Waals surface area contributed by atoms with E-state index in [1.54, 1.807) is 0 Å². The van der Waals surface area contributed by atoms with Gasteiger partial charge in [0.05, 0.1) is 16.2 Å². The molecular weight excluding hydrogens is 277 g/mol. The number of H-pyrrole nitrogens is 1. The molecule has 1 heterocycles. The number of hydrogen-bond donors (Lipinski definition) is 1. The second kappa shape index (κ2) is 3.41. The van der Waals surface area contributed by atoms with E-state index in [1.807, 2.05) is 0 Å². The van der Waals surface area contributed by atoms with E-state index in [0.29, 0.717) is 10.9 Å². The lowest BCUT2D eigenvalue weighted by Gasteiger charge is -2.10. The Morgan fingerprint density at radius 3 is 2.73 bits per heavy atom. The van der Waals surface area contributed by atoms with Crippen molar-refractivity contribution < 1.29 is 17.9 Å². The van der Waals surface area contributed by atoms with E-state index in [-0.39, 0.29) is 10.2 Å². The number of ether oxygens (including phenoxy) is 1. The van der Waals surface area contributed by atoms with Crippen LogP contribution in [0.4, 0.5) is 13.2 Å². The molecule has 0 bridgehead atoms. The zero-order valence-corrected chi connectivity index (χ0v) is 8.69. The third-order valence-electron chi connectivity index (χ3n) is 1.72. The largest absolute Gasteiger partial charge is 0.573 e. The molecule has 2 rings (SSSR count). The van der Waals surface area contributed by atoms with Gasteiger partial charge >= 0.3 is 6.36 Å². The number of aromatic amines is 1. The molecule has 0 unspecified atom stereocenters. The number of halogens is 4. The summed E-state index contributed by atoms with van der Waals surface area (Å²) in [7, 11) is 0. The molecule has 0 aliphatic carbocycles. The fourth-order valence-electron chi connectivity index (χ4n) is 1.15. The second-order valence-electron chi connectivity index (χ2n) is 2.79. The van der Waals surface area contributed by atoms with Crippen molar-refractivity contribution in [2.75, 3.05) is 0 Å². The van der Waals surface area contributed by atoms with Crippen molar-refractivity contribution in [3.05, 3.63) is 22.8 Å². The molecule has 15 heavy (non-hydrogen) atoms. The van der Waals surface area contributed by atoms with Gasteiger partial charge in [-0.25, -0.2) is 0 Å². The zero-order chi connectivity index (χ0) is 11.1. The van der Waals surface area contributed by atoms with Gasteiger partial charge in [0.1, 0.15) is 5.75 Å². The molecule has 0 amide bonds. The van der Waals surface area contributed by atoms with Crippen molar-refractivity contribution in [2.24, 2.45) is 0 Å². The molecule has 3 nitrogen and oxygen atoms in total. The van der Waals surface area contributed by atoms with Crippen LogP contribution in [0.3, 0.4) is 0 Å². The number of aromatic nitrogens is 2. The number of nitrogens with one attached hydrogen (secondary N) is 1. The van der Waals surface area contributed by atoms with Crippen LogP contribution in [0.2, 0.25) is 0 Å². The van der Waals surface area contributed by atoms with Crippen LogP contribution >= 0.6 is 15.9 Å². The van der Waals surface area contributed by atoms with Gasteiger partial charge < -0.3 is 4.74 Å². The van der Waals surface area contributed by atoms with Gasteiger partial charge in [-0.05, 0) is 28.1 Å². The second-order valence-corrected chi connectivity index (χ2v) is 3.64. The van der Waals surface area contributed by atoms with E-state index in [0.717, 1.165) is 0 Å². The average molecular weight is 281 g/mol. The van der Waals surface area contributed by atoms with Crippen molar-refractivity contribution >= 4 is 26.8 Å². The molecule has 0 fully saturated rings. The molecule has 1 aromatic carbocycles. The summed E-state index contributed by atoms with van der Waals surface area (Å²) in [4.78, 5) is 0. The molecule has 1 N–H and O–H groups in total. The van der Waals surface area contributed by atoms with Crippen LogP contribution in [0.5, 0.6) is 5.75 Å². The van der Waals surface area contributed by atoms with Gasteiger partial charge in [0.2, 0.25) is 0 Å². The lowest BCUT2D eigenvalue weighted by Crippen LogP contribution is -2.17. The number of alkyl halides is 3. The van der Waals surface area contributed by atoms with Gasteiger partial charge in [0.15, 0.2) is 0 Å². The summed E-state index contributed by atoms with van der Waals surface area (Å²) < 4.78 is 40.0. The van der Waals surface area contributed by atoms with Crippen molar-refractivity contribution in [3.63, 3.8) is 0 Å². The first-order valence-electron chi connectivity index (χ1n) is 3.84. The van der Waals surface area contributed by atoms with Crippen LogP contribution in [0.25, 0.3) is 10.9 Å². The third kappa shape index (κ3) is 2.23. The molecule has 7 heteroatoms. The van der Waals surface area contributed by atoms with E-state index in [9.17, 15) is 13.2 Å². The number of rotatable bonds is 1. The standard InChI is InChI=1S/C8H4BrF3N2O/c9-5-2-6-4(3-13-14-6)1-7(5)15-8(10,11)12/h1-3H,(H,13,14). The van der Waals surface area contributed by atoms with Crippen LogP contribution in [0, 0.1) is 0 Å². The highest BCUT2D eigenvalue weighted by molar-refractivity contribution is 9.10. The smallest absolute Gasteiger partial charge is 0.405 e. The minimum absolute atomic E-state index is 0.219. The summed E-state index contributed by atoms with van der Waals surface area (Å²) >= 11 is 2.98. The summed E-state index contributed by atoms with van der Waals surface area (Å²) in [5.41, 5.74) is 0.636. The molecule has 0 saturated heterocycles. The molecule has 0 aliphatic heterocycles. The topological polar surface area (TPSA) is 37.9 Å². The first-order valence-corrected chi connectivity index (χ1v) is 4.63. The minimum Gasteiger partial charge on any atom is -0.405 e. The van der Waals surface area contributed by atoms with E-state index in [4.69, 9.17) is 0 Å². The fourth-order valence-corrected chi connectivity index (χ4v) is 1.57. The molecule has 0 aliphatic rings. The normalized spacial score (nSPS) is 12.0. The SMILES string of the molecule is FC(F)(F)Oc1cc2cn[nH]c2cc1Br. The number of hydrogen-bond acceptors (Lipinski definition) is 2. The van der Waals surface area contributed by atoms with Gasteiger partial charge in [-0.15, -0.1) is 13.2 Å². The van der Waals surface area contributed by atoms with Gasteiger partial charge in [0, 0.05) is 5.39 Å². The maximum absolute atomic E-state index is 12.0. The molecule has 0 radical (unpaired) electrons. The van der Waals surface area contributed by atoms with Gasteiger partial charge in [-0.2, -0.15) is 5.10 Å². The molecule has 1 aromatic heterocycles. The average Bonchev–Trinajstić information content (AvgIpc) is 2.49. The molecular formula is C8H4BrF3N2O. The summed E-state index contributed by atoms with van der Waals surface area (Å²) in [6.45, 7) is 0. The predicted octanol–water partition coefficient (Wildman–Crippen LogP) is 3.22. The molecule has 0 spiro atoms. The number of fused-ring (bicyclic) bond motifs is 1. The van der Waals surface area contributed by atoms with Gasteiger partial charge in [0.25, 0.3) is 0 Å². The number of nitrogens with zero attached hydrogens (tertiary/aromatic N) is 1. The van der Waals surface area contributed by atoms with Crippen molar-refractivity contribution in [1.82, 2.24) is 10.2 Å². The molecule has 2 aromatic rings. The summed E-state index contributed by atoms with van der Waals surface area (Å²) in [6.07, 6.45) is -3.27. The highest BCUT2D eigenvalue weighted by Crippen LogP contribution is 2.33. The monoisotopic (exact) mass is 280 g/mol. The van der Waals surface area contributed by atoms with E-state index < -0.39 is 6.36 Å². The summed E-state index contributed by atoms with van der Waals surface area (Å²) in [5.74, 6) is -0.281. The lowest BCUT2D eigenvalue weighted by molar-refractivity contribution is -0.274. The first-order chi connectivity index (χ1) is 6.96. The van der Waals surface area contributed by atoms with Crippen molar-refractivity contribution in [3.8, 4) is 5.75 Å². The van der Waals surface area contributed by atoms with Gasteiger partial charge in [-0.3, -0.25) is 5.10 Å². The lowest BCUT2D eigenvalue weighted by atomic mass is 10.2. The Balaban J connectivity index is 2.46. The summed E-state index contributed by atoms with van der Waals surface area (Å²) in [6, 6.07) is 2.74. The number of benzene rings is 1. The predicted molar refractivity (Wildman–Crippen MR) is 50.5 cm³/mol. The molecule has 80 valence electrons. The summed E-state index contributed by atoms with van der Waals surface area (Å²) in [5, 5.41) is 6.88. The Kier molecular flexibility index (Phi) is 2.34. The van der Waals surface area contributed by atoms with E-state index in [1.165, 1.54) is 18.3 Å². The Labute approximate surface area is 90.4 Å². The van der Waals surface area contributed by atoms with Crippen LogP contribution in [-0.4, -0.2) is 16.6 Å². The van der Waals surface area contributed by atoms with E-state index in [2.05, 4.69) is 30.9 Å². The van der Waals surface area contributed by atoms with Crippen LogP contribution < -0.4 is 4.74 Å². The van der Waals surface area contributed by atoms with Crippen molar-refractivity contribution in [1.29, 1.82) is 0 Å². The van der Waals surface area contributed by atoms with E-state index >= 15 is 0 Å². The quantitative estimate of drug-likeness (QED) is 0.871. The maximum Gasteiger partial charge on any atom is 0.573 e. The highest BCUT2D eigenvalue weighted by Gasteiger charge is 2.32. The minimum atomic E-state index is -4.69. The first kappa shape index (κ1) is 10.3. The Hall–Kier alpha value is -1.24. The Morgan fingerprint density at radius 2 is 2.07 bits per heavy atom. The Morgan fingerprint density at radius 1 is 1.33 bits per heavy atom. The van der Waals surface area contributed by atoms with Crippen LogP contribution in [0.15, 0.2) is 22.8 Å². The van der Waals surface area contributed by atoms with Crippen molar-refractivity contribution in [2.45, 2.75) is 6.36 Å². The van der Waals surface area contributed by atoms with Crippen LogP contribution in [-0.2, 0) is 0 Å². The highest BCUT2D eigenvalue weighted by atomic mass is 79.9. The third-order valence-corrected chi connectivity index (χ3v) is 2.34.